The Balaban J connectivity index is 2.18. The van der Waals surface area contributed by atoms with Crippen LogP contribution in [-0.2, 0) is 0 Å². The van der Waals surface area contributed by atoms with E-state index in [9.17, 15) is 0 Å². The Bertz CT molecular complexity index is 184. The van der Waals surface area contributed by atoms with Gasteiger partial charge in [0, 0.05) is 31.7 Å². The summed E-state index contributed by atoms with van der Waals surface area (Å²) in [7, 11) is 2.25. The van der Waals surface area contributed by atoms with Gasteiger partial charge >= 0.3 is 0 Å². The third-order valence-electron chi connectivity index (χ3n) is 3.91. The summed E-state index contributed by atoms with van der Waals surface area (Å²) < 4.78 is 0. The van der Waals surface area contributed by atoms with E-state index in [4.69, 9.17) is 5.73 Å². The fraction of sp³-hybridized carbons (Fsp3) is 1.00. The number of piperazine rings is 1. The second-order valence-electron chi connectivity index (χ2n) is 5.15. The molecule has 0 saturated carbocycles. The van der Waals surface area contributed by atoms with Crippen molar-refractivity contribution < 1.29 is 0 Å². The Kier molecular flexibility index (Phi) is 6.32. The highest BCUT2D eigenvalue weighted by Crippen LogP contribution is 2.11. The molecule has 0 aromatic rings. The average Bonchev–Trinajstić information content (AvgIpc) is 2.31. The van der Waals surface area contributed by atoms with Gasteiger partial charge in [0.1, 0.15) is 0 Å². The first-order valence-corrected chi connectivity index (χ1v) is 6.85. The molecule has 3 heteroatoms. The van der Waals surface area contributed by atoms with Crippen LogP contribution in [0.3, 0.4) is 0 Å². The van der Waals surface area contributed by atoms with Gasteiger partial charge in [-0.15, -0.1) is 0 Å². The van der Waals surface area contributed by atoms with E-state index in [2.05, 4.69) is 30.7 Å². The highest BCUT2D eigenvalue weighted by Gasteiger charge is 2.22. The molecule has 1 heterocycles. The van der Waals surface area contributed by atoms with Gasteiger partial charge in [-0.2, -0.15) is 0 Å². The fourth-order valence-corrected chi connectivity index (χ4v) is 2.44. The van der Waals surface area contributed by atoms with Crippen molar-refractivity contribution in [2.24, 2.45) is 5.73 Å². The number of rotatable bonds is 6. The van der Waals surface area contributed by atoms with Gasteiger partial charge in [0.25, 0.3) is 0 Å². The average molecular weight is 227 g/mol. The standard InChI is InChI=1S/C13H29N3/c1-4-12(14)7-6-8-16-10-9-15(3)13(5-2)11-16/h12-13H,4-11,14H2,1-3H3. The molecule has 1 fully saturated rings. The van der Waals surface area contributed by atoms with Crippen LogP contribution < -0.4 is 5.73 Å². The van der Waals surface area contributed by atoms with Gasteiger partial charge in [-0.05, 0) is 39.3 Å². The molecule has 0 amide bonds. The van der Waals surface area contributed by atoms with E-state index in [1.54, 1.807) is 0 Å². The van der Waals surface area contributed by atoms with Crippen LogP contribution >= 0.6 is 0 Å². The predicted molar refractivity (Wildman–Crippen MR) is 70.6 cm³/mol. The van der Waals surface area contributed by atoms with Crippen molar-refractivity contribution in [1.82, 2.24) is 9.80 Å². The first-order chi connectivity index (χ1) is 7.67. The summed E-state index contributed by atoms with van der Waals surface area (Å²) >= 11 is 0. The van der Waals surface area contributed by atoms with Crippen LogP contribution in [0.1, 0.15) is 39.5 Å². The van der Waals surface area contributed by atoms with Gasteiger partial charge in [0.05, 0.1) is 0 Å². The lowest BCUT2D eigenvalue weighted by Gasteiger charge is -2.39. The molecule has 1 aliphatic rings. The Labute approximate surface area is 101 Å². The number of hydrogen-bond donors (Lipinski definition) is 1. The van der Waals surface area contributed by atoms with Crippen molar-refractivity contribution in [3.05, 3.63) is 0 Å². The van der Waals surface area contributed by atoms with Gasteiger partial charge in [0.15, 0.2) is 0 Å². The monoisotopic (exact) mass is 227 g/mol. The number of likely N-dealkylation sites (N-methyl/N-ethyl adjacent to an activating group) is 1. The Morgan fingerprint density at radius 3 is 2.69 bits per heavy atom. The van der Waals surface area contributed by atoms with Crippen molar-refractivity contribution in [3.8, 4) is 0 Å². The summed E-state index contributed by atoms with van der Waals surface area (Å²) in [5.74, 6) is 0. The first kappa shape index (κ1) is 13.9. The zero-order valence-electron chi connectivity index (χ0n) is 11.3. The molecule has 2 N–H and O–H groups in total. The molecule has 3 nitrogen and oxygen atoms in total. The highest BCUT2D eigenvalue weighted by atomic mass is 15.3. The third kappa shape index (κ3) is 4.40. The molecule has 1 rings (SSSR count). The molecule has 0 bridgehead atoms. The molecule has 0 spiro atoms. The Morgan fingerprint density at radius 2 is 2.06 bits per heavy atom. The number of hydrogen-bond acceptors (Lipinski definition) is 3. The molecule has 16 heavy (non-hydrogen) atoms. The molecular formula is C13H29N3. The quantitative estimate of drug-likeness (QED) is 0.747. The number of nitrogens with two attached hydrogens (primary N) is 1. The van der Waals surface area contributed by atoms with Crippen molar-refractivity contribution in [2.75, 3.05) is 33.2 Å². The molecule has 2 unspecified atom stereocenters. The lowest BCUT2D eigenvalue weighted by molar-refractivity contribution is 0.0917. The van der Waals surface area contributed by atoms with Crippen LogP contribution in [0.4, 0.5) is 0 Å². The Hall–Kier alpha value is -0.120. The van der Waals surface area contributed by atoms with Gasteiger partial charge < -0.3 is 15.5 Å². The maximum atomic E-state index is 5.94. The van der Waals surface area contributed by atoms with Gasteiger partial charge in [0.2, 0.25) is 0 Å². The first-order valence-electron chi connectivity index (χ1n) is 6.85. The summed E-state index contributed by atoms with van der Waals surface area (Å²) in [5.41, 5.74) is 5.94. The minimum Gasteiger partial charge on any atom is -0.328 e. The maximum Gasteiger partial charge on any atom is 0.0218 e. The second kappa shape index (κ2) is 7.25. The van der Waals surface area contributed by atoms with E-state index in [-0.39, 0.29) is 0 Å². The summed E-state index contributed by atoms with van der Waals surface area (Å²) in [5, 5.41) is 0. The van der Waals surface area contributed by atoms with E-state index in [1.165, 1.54) is 45.4 Å². The lowest BCUT2D eigenvalue weighted by atomic mass is 10.1. The van der Waals surface area contributed by atoms with Crippen molar-refractivity contribution in [1.29, 1.82) is 0 Å². The largest absolute Gasteiger partial charge is 0.328 e. The second-order valence-corrected chi connectivity index (χ2v) is 5.15. The SMILES string of the molecule is CCC(N)CCCN1CCN(C)C(CC)C1. The van der Waals surface area contributed by atoms with Crippen molar-refractivity contribution in [2.45, 2.75) is 51.6 Å². The van der Waals surface area contributed by atoms with Crippen molar-refractivity contribution >= 4 is 0 Å². The fourth-order valence-electron chi connectivity index (χ4n) is 2.44. The van der Waals surface area contributed by atoms with Crippen molar-refractivity contribution in [3.63, 3.8) is 0 Å². The minimum absolute atomic E-state index is 0.412. The van der Waals surface area contributed by atoms with Crippen LogP contribution in [0, 0.1) is 0 Å². The van der Waals surface area contributed by atoms with Crippen LogP contribution in [0.2, 0.25) is 0 Å². The molecule has 1 saturated heterocycles. The topological polar surface area (TPSA) is 32.5 Å². The predicted octanol–water partition coefficient (Wildman–Crippen LogP) is 1.53. The Morgan fingerprint density at radius 1 is 1.31 bits per heavy atom. The molecule has 0 aliphatic carbocycles. The molecule has 1 aliphatic heterocycles. The molecule has 0 aromatic carbocycles. The molecular weight excluding hydrogens is 198 g/mol. The van der Waals surface area contributed by atoms with Gasteiger partial charge in [-0.3, -0.25) is 0 Å². The third-order valence-corrected chi connectivity index (χ3v) is 3.91. The minimum atomic E-state index is 0.412. The normalized spacial score (nSPS) is 25.9. The summed E-state index contributed by atoms with van der Waals surface area (Å²) in [6.45, 7) is 9.39. The number of nitrogens with zero attached hydrogens (tertiary/aromatic N) is 2. The van der Waals surface area contributed by atoms with Crippen LogP contribution in [0.5, 0.6) is 0 Å². The van der Waals surface area contributed by atoms with Crippen LogP contribution in [0.25, 0.3) is 0 Å². The molecule has 2 atom stereocenters. The molecule has 0 aromatic heterocycles. The highest BCUT2D eigenvalue weighted by molar-refractivity contribution is 4.79. The molecule has 0 radical (unpaired) electrons. The van der Waals surface area contributed by atoms with E-state index in [1.807, 2.05) is 0 Å². The van der Waals surface area contributed by atoms with E-state index < -0.39 is 0 Å². The van der Waals surface area contributed by atoms with Gasteiger partial charge in [-0.25, -0.2) is 0 Å². The van der Waals surface area contributed by atoms with Crippen LogP contribution in [-0.4, -0.2) is 55.1 Å². The summed E-state index contributed by atoms with van der Waals surface area (Å²) in [6.07, 6.45) is 4.82. The summed E-state index contributed by atoms with van der Waals surface area (Å²) in [6, 6.07) is 1.17. The smallest absolute Gasteiger partial charge is 0.0218 e. The van der Waals surface area contributed by atoms with E-state index in [0.29, 0.717) is 6.04 Å². The maximum absolute atomic E-state index is 5.94. The zero-order valence-corrected chi connectivity index (χ0v) is 11.3. The van der Waals surface area contributed by atoms with E-state index in [0.717, 1.165) is 12.5 Å². The zero-order chi connectivity index (χ0) is 12.0. The van der Waals surface area contributed by atoms with E-state index >= 15 is 0 Å². The summed E-state index contributed by atoms with van der Waals surface area (Å²) in [4.78, 5) is 5.10. The molecule has 96 valence electrons. The lowest BCUT2D eigenvalue weighted by Crippen LogP contribution is -2.51. The van der Waals surface area contributed by atoms with Crippen LogP contribution in [0.15, 0.2) is 0 Å². The van der Waals surface area contributed by atoms with Gasteiger partial charge in [-0.1, -0.05) is 13.8 Å².